The van der Waals surface area contributed by atoms with Gasteiger partial charge in [-0.05, 0) is 61.0 Å². The highest BCUT2D eigenvalue weighted by Gasteiger charge is 2.16. The maximum absolute atomic E-state index is 12.4. The van der Waals surface area contributed by atoms with Crippen LogP contribution in [0.3, 0.4) is 0 Å². The number of amides is 1. The summed E-state index contributed by atoms with van der Waals surface area (Å²) in [5, 5.41) is 2.83. The molecule has 174 valence electrons. The van der Waals surface area contributed by atoms with Crippen LogP contribution in [0.4, 0.5) is 0 Å². The quantitative estimate of drug-likeness (QED) is 0.342. The minimum atomic E-state index is -3.46. The first-order chi connectivity index (χ1) is 15.8. The van der Waals surface area contributed by atoms with Crippen LogP contribution < -0.4 is 10.1 Å². The largest absolute Gasteiger partial charge is 0.492 e. The third kappa shape index (κ3) is 7.08. The summed E-state index contributed by atoms with van der Waals surface area (Å²) in [6.45, 7) is 2.68. The number of nitrogens with one attached hydrogen (secondary N) is 1. The molecule has 0 unspecified atom stereocenters. The number of benzene rings is 3. The van der Waals surface area contributed by atoms with E-state index in [9.17, 15) is 13.2 Å². The van der Waals surface area contributed by atoms with E-state index in [1.165, 1.54) is 36.7 Å². The van der Waals surface area contributed by atoms with Crippen LogP contribution in [0.15, 0.2) is 82.6 Å². The maximum atomic E-state index is 12.4. The van der Waals surface area contributed by atoms with Crippen molar-refractivity contribution in [1.82, 2.24) is 9.62 Å². The van der Waals surface area contributed by atoms with Crippen molar-refractivity contribution in [3.05, 3.63) is 89.5 Å². The van der Waals surface area contributed by atoms with Gasteiger partial charge in [0.05, 0.1) is 11.4 Å². The molecule has 0 aliphatic carbocycles. The van der Waals surface area contributed by atoms with Crippen LogP contribution in [0.25, 0.3) is 0 Å². The smallest absolute Gasteiger partial charge is 0.251 e. The van der Waals surface area contributed by atoms with Gasteiger partial charge in [0.2, 0.25) is 10.0 Å². The molecule has 0 saturated carbocycles. The van der Waals surface area contributed by atoms with Gasteiger partial charge < -0.3 is 10.1 Å². The Hall–Kier alpha value is -2.81. The molecule has 0 aliphatic rings. The number of hydrogen-bond acceptors (Lipinski definition) is 5. The Labute approximate surface area is 200 Å². The summed E-state index contributed by atoms with van der Waals surface area (Å²) in [5.74, 6) is 1.22. The Morgan fingerprint density at radius 1 is 0.939 bits per heavy atom. The van der Waals surface area contributed by atoms with E-state index in [2.05, 4.69) is 36.5 Å². The summed E-state index contributed by atoms with van der Waals surface area (Å²) in [4.78, 5) is 13.8. The van der Waals surface area contributed by atoms with Gasteiger partial charge in [0.25, 0.3) is 5.91 Å². The molecular formula is C25H28N2O4S2. The zero-order chi connectivity index (χ0) is 23.8. The van der Waals surface area contributed by atoms with Crippen molar-refractivity contribution in [1.29, 1.82) is 0 Å². The number of hydrogen-bond donors (Lipinski definition) is 1. The Morgan fingerprint density at radius 3 is 2.18 bits per heavy atom. The lowest BCUT2D eigenvalue weighted by Crippen LogP contribution is -2.28. The lowest BCUT2D eigenvalue weighted by atomic mass is 10.1. The molecule has 0 spiro atoms. The first-order valence-electron chi connectivity index (χ1n) is 10.5. The second kappa shape index (κ2) is 11.4. The molecule has 33 heavy (non-hydrogen) atoms. The van der Waals surface area contributed by atoms with Gasteiger partial charge in [-0.1, -0.05) is 29.8 Å². The first-order valence-corrected chi connectivity index (χ1v) is 12.9. The zero-order valence-electron chi connectivity index (χ0n) is 18.9. The van der Waals surface area contributed by atoms with Crippen LogP contribution in [0.5, 0.6) is 5.75 Å². The molecule has 3 aromatic rings. The fourth-order valence-electron chi connectivity index (χ4n) is 2.91. The normalized spacial score (nSPS) is 11.4. The van der Waals surface area contributed by atoms with Crippen molar-refractivity contribution >= 4 is 27.7 Å². The third-order valence-electron chi connectivity index (χ3n) is 4.90. The van der Waals surface area contributed by atoms with Gasteiger partial charge in [0.15, 0.2) is 0 Å². The minimum Gasteiger partial charge on any atom is -0.492 e. The van der Waals surface area contributed by atoms with E-state index in [1.54, 1.807) is 23.9 Å². The molecule has 8 heteroatoms. The number of thioether (sulfide) groups is 1. The van der Waals surface area contributed by atoms with Gasteiger partial charge in [0, 0.05) is 30.3 Å². The van der Waals surface area contributed by atoms with E-state index in [4.69, 9.17) is 4.74 Å². The monoisotopic (exact) mass is 484 g/mol. The van der Waals surface area contributed by atoms with E-state index in [0.717, 1.165) is 15.6 Å². The van der Waals surface area contributed by atoms with E-state index in [0.29, 0.717) is 17.9 Å². The minimum absolute atomic E-state index is 0.163. The van der Waals surface area contributed by atoms with E-state index < -0.39 is 10.0 Å². The van der Waals surface area contributed by atoms with Gasteiger partial charge in [-0.25, -0.2) is 12.7 Å². The fraction of sp³-hybridized carbons (Fsp3) is 0.240. The van der Waals surface area contributed by atoms with Crippen LogP contribution in [0.2, 0.25) is 0 Å². The molecule has 0 heterocycles. The first kappa shape index (κ1) is 24.8. The zero-order valence-corrected chi connectivity index (χ0v) is 20.6. The number of aryl methyl sites for hydroxylation is 1. The van der Waals surface area contributed by atoms with Crippen LogP contribution in [0.1, 0.15) is 21.5 Å². The predicted octanol–water partition coefficient (Wildman–Crippen LogP) is 4.35. The number of ether oxygens (including phenoxy) is 1. The molecule has 0 bridgehead atoms. The number of nitrogens with zero attached hydrogens (tertiary/aromatic N) is 1. The molecule has 0 aromatic heterocycles. The molecule has 3 aromatic carbocycles. The summed E-state index contributed by atoms with van der Waals surface area (Å²) in [7, 11) is -0.491. The maximum Gasteiger partial charge on any atom is 0.251 e. The van der Waals surface area contributed by atoms with Gasteiger partial charge in [-0.15, -0.1) is 11.8 Å². The summed E-state index contributed by atoms with van der Waals surface area (Å²) in [6.07, 6.45) is 0. The van der Waals surface area contributed by atoms with Gasteiger partial charge in [-0.2, -0.15) is 0 Å². The Balaban J connectivity index is 1.42. The predicted molar refractivity (Wildman–Crippen MR) is 132 cm³/mol. The number of rotatable bonds is 10. The van der Waals surface area contributed by atoms with Gasteiger partial charge >= 0.3 is 0 Å². The van der Waals surface area contributed by atoms with Crippen molar-refractivity contribution in [2.75, 3.05) is 27.2 Å². The van der Waals surface area contributed by atoms with Crippen molar-refractivity contribution in [3.8, 4) is 5.75 Å². The van der Waals surface area contributed by atoms with E-state index >= 15 is 0 Å². The van der Waals surface area contributed by atoms with Crippen molar-refractivity contribution < 1.29 is 17.9 Å². The molecule has 1 amide bonds. The molecular weight excluding hydrogens is 456 g/mol. The summed E-state index contributed by atoms with van der Waals surface area (Å²) in [6, 6.07) is 22.2. The standard InChI is InChI=1S/C25H28N2O4S2/c1-19-4-12-23(13-5-19)32-18-20-6-8-21(9-7-20)25(28)26-16-17-31-22-10-14-24(15-11-22)33(29,30)27(2)3/h4-15H,16-18H2,1-3H3,(H,26,28). The second-order valence-electron chi connectivity index (χ2n) is 7.66. The SMILES string of the molecule is Cc1ccc(SCc2ccc(C(=O)NCCOc3ccc(S(=O)(=O)N(C)C)cc3)cc2)cc1. The van der Waals surface area contributed by atoms with Crippen LogP contribution in [0, 0.1) is 6.92 Å². The van der Waals surface area contributed by atoms with Crippen LogP contribution >= 0.6 is 11.8 Å². The second-order valence-corrected chi connectivity index (χ2v) is 10.9. The summed E-state index contributed by atoms with van der Waals surface area (Å²) < 4.78 is 30.9. The lowest BCUT2D eigenvalue weighted by Gasteiger charge is -2.12. The Kier molecular flexibility index (Phi) is 8.55. The Morgan fingerprint density at radius 2 is 1.58 bits per heavy atom. The highest BCUT2D eigenvalue weighted by molar-refractivity contribution is 7.98. The van der Waals surface area contributed by atoms with E-state index in [-0.39, 0.29) is 17.4 Å². The average molecular weight is 485 g/mol. The highest BCUT2D eigenvalue weighted by atomic mass is 32.2. The third-order valence-corrected chi connectivity index (χ3v) is 7.81. The summed E-state index contributed by atoms with van der Waals surface area (Å²) in [5.41, 5.74) is 2.99. The molecule has 3 rings (SSSR count). The van der Waals surface area contributed by atoms with E-state index in [1.807, 2.05) is 24.3 Å². The lowest BCUT2D eigenvalue weighted by molar-refractivity contribution is 0.0947. The van der Waals surface area contributed by atoms with Crippen molar-refractivity contribution in [2.24, 2.45) is 0 Å². The van der Waals surface area contributed by atoms with Gasteiger partial charge in [0.1, 0.15) is 12.4 Å². The van der Waals surface area contributed by atoms with Crippen molar-refractivity contribution in [2.45, 2.75) is 22.5 Å². The number of carbonyl (C=O) groups is 1. The topological polar surface area (TPSA) is 75.7 Å². The van der Waals surface area contributed by atoms with Gasteiger partial charge in [-0.3, -0.25) is 4.79 Å². The molecule has 0 atom stereocenters. The molecule has 0 aliphatic heterocycles. The molecule has 0 radical (unpaired) electrons. The van der Waals surface area contributed by atoms with Crippen molar-refractivity contribution in [3.63, 3.8) is 0 Å². The molecule has 1 N–H and O–H groups in total. The number of carbonyl (C=O) groups excluding carboxylic acids is 1. The summed E-state index contributed by atoms with van der Waals surface area (Å²) >= 11 is 1.76. The molecule has 6 nitrogen and oxygen atoms in total. The highest BCUT2D eigenvalue weighted by Crippen LogP contribution is 2.23. The van der Waals surface area contributed by atoms with Crippen LogP contribution in [-0.4, -0.2) is 45.9 Å². The number of sulfonamides is 1. The Bertz CT molecular complexity index is 1160. The van der Waals surface area contributed by atoms with Crippen LogP contribution in [-0.2, 0) is 15.8 Å². The molecule has 0 saturated heterocycles. The average Bonchev–Trinajstić information content (AvgIpc) is 2.82. The fourth-order valence-corrected chi connectivity index (χ4v) is 4.66. The molecule has 0 fully saturated rings.